The molecule has 0 aliphatic heterocycles. The van der Waals surface area contributed by atoms with Gasteiger partial charge in [0.2, 0.25) is 0 Å². The molecule has 1 N–H and O–H groups in total. The van der Waals surface area contributed by atoms with E-state index >= 15 is 0 Å². The van der Waals surface area contributed by atoms with Gasteiger partial charge in [0.15, 0.2) is 0 Å². The zero-order valence-corrected chi connectivity index (χ0v) is 12.4. The molecule has 1 heterocycles. The lowest BCUT2D eigenvalue weighted by molar-refractivity contribution is 0.0425. The number of rotatable bonds is 5. The Labute approximate surface area is 118 Å². The van der Waals surface area contributed by atoms with Crippen molar-refractivity contribution in [1.82, 2.24) is 9.88 Å². The molecule has 4 heteroatoms. The van der Waals surface area contributed by atoms with E-state index in [9.17, 15) is 5.11 Å². The third kappa shape index (κ3) is 4.42. The van der Waals surface area contributed by atoms with Crippen LogP contribution in [0.1, 0.15) is 18.9 Å². The van der Waals surface area contributed by atoms with E-state index in [1.807, 2.05) is 39.1 Å². The van der Waals surface area contributed by atoms with Gasteiger partial charge in [0.25, 0.3) is 0 Å². The molecule has 1 aromatic heterocycles. The first-order valence-electron chi connectivity index (χ1n) is 6.35. The summed E-state index contributed by atoms with van der Waals surface area (Å²) >= 11 is 1.66. The fourth-order valence-electron chi connectivity index (χ4n) is 2.07. The van der Waals surface area contributed by atoms with Crippen LogP contribution in [-0.2, 0) is 6.54 Å². The van der Waals surface area contributed by atoms with Crippen molar-refractivity contribution in [2.24, 2.45) is 0 Å². The Balaban J connectivity index is 2.02. The van der Waals surface area contributed by atoms with Crippen LogP contribution >= 0.6 is 11.3 Å². The summed E-state index contributed by atoms with van der Waals surface area (Å²) in [4.78, 5) is 6.74. The van der Waals surface area contributed by atoms with Crippen molar-refractivity contribution in [3.8, 4) is 11.3 Å². The van der Waals surface area contributed by atoms with E-state index < -0.39 is 5.60 Å². The molecule has 1 aromatic carbocycles. The number of hydrogen-bond acceptors (Lipinski definition) is 4. The topological polar surface area (TPSA) is 36.4 Å². The van der Waals surface area contributed by atoms with Crippen LogP contribution in [0.5, 0.6) is 0 Å². The van der Waals surface area contributed by atoms with Crippen molar-refractivity contribution in [3.63, 3.8) is 0 Å². The van der Waals surface area contributed by atoms with E-state index in [0.717, 1.165) is 22.8 Å². The molecular weight excluding hydrogens is 256 g/mol. The standard InChI is InChI=1S/C15H20N2OS/c1-15(2,18)11-17(3)9-14-16-13(10-19-14)12-7-5-4-6-8-12/h4-8,10,18H,9,11H2,1-3H3. The van der Waals surface area contributed by atoms with Gasteiger partial charge in [-0.2, -0.15) is 0 Å². The van der Waals surface area contributed by atoms with E-state index in [4.69, 9.17) is 0 Å². The molecular formula is C15H20N2OS. The van der Waals surface area contributed by atoms with Crippen LogP contribution in [0, 0.1) is 0 Å². The molecule has 102 valence electrons. The number of aliphatic hydroxyl groups is 1. The van der Waals surface area contributed by atoms with Crippen molar-refractivity contribution in [2.75, 3.05) is 13.6 Å². The Morgan fingerprint density at radius 1 is 1.26 bits per heavy atom. The summed E-state index contributed by atoms with van der Waals surface area (Å²) in [5.41, 5.74) is 1.50. The van der Waals surface area contributed by atoms with Gasteiger partial charge in [-0.1, -0.05) is 30.3 Å². The Bertz CT molecular complexity index is 516. The van der Waals surface area contributed by atoms with Gasteiger partial charge in [0.05, 0.1) is 17.8 Å². The Hall–Kier alpha value is -1.23. The maximum absolute atomic E-state index is 9.79. The molecule has 3 nitrogen and oxygen atoms in total. The molecule has 0 fully saturated rings. The minimum atomic E-state index is -0.672. The zero-order valence-electron chi connectivity index (χ0n) is 11.6. The number of nitrogens with zero attached hydrogens (tertiary/aromatic N) is 2. The maximum atomic E-state index is 9.79. The third-order valence-electron chi connectivity index (χ3n) is 2.68. The quantitative estimate of drug-likeness (QED) is 0.912. The molecule has 0 saturated carbocycles. The summed E-state index contributed by atoms with van der Waals surface area (Å²) < 4.78 is 0. The van der Waals surface area contributed by atoms with Crippen LogP contribution in [-0.4, -0.2) is 34.2 Å². The highest BCUT2D eigenvalue weighted by atomic mass is 32.1. The van der Waals surface area contributed by atoms with Gasteiger partial charge in [0.1, 0.15) is 5.01 Å². The molecule has 0 atom stereocenters. The zero-order chi connectivity index (χ0) is 13.9. The van der Waals surface area contributed by atoms with Crippen molar-refractivity contribution in [1.29, 1.82) is 0 Å². The van der Waals surface area contributed by atoms with E-state index in [1.165, 1.54) is 0 Å². The first-order chi connectivity index (χ1) is 8.94. The fraction of sp³-hybridized carbons (Fsp3) is 0.400. The van der Waals surface area contributed by atoms with E-state index in [0.29, 0.717) is 6.54 Å². The summed E-state index contributed by atoms with van der Waals surface area (Å²) in [5, 5.41) is 13.0. The van der Waals surface area contributed by atoms with Crippen LogP contribution in [0.25, 0.3) is 11.3 Å². The molecule has 0 aliphatic carbocycles. The normalized spacial score (nSPS) is 12.1. The minimum Gasteiger partial charge on any atom is -0.389 e. The number of benzene rings is 1. The molecule has 0 bridgehead atoms. The number of likely N-dealkylation sites (N-methyl/N-ethyl adjacent to an activating group) is 1. The van der Waals surface area contributed by atoms with E-state index in [1.54, 1.807) is 11.3 Å². The summed E-state index contributed by atoms with van der Waals surface area (Å²) in [7, 11) is 2.00. The second-order valence-electron chi connectivity index (χ2n) is 5.48. The van der Waals surface area contributed by atoms with Gasteiger partial charge in [-0.15, -0.1) is 11.3 Å². The number of aromatic nitrogens is 1. The number of hydrogen-bond donors (Lipinski definition) is 1. The third-order valence-corrected chi connectivity index (χ3v) is 3.52. The fourth-order valence-corrected chi connectivity index (χ4v) is 2.95. The van der Waals surface area contributed by atoms with Crippen molar-refractivity contribution in [2.45, 2.75) is 26.0 Å². The first-order valence-corrected chi connectivity index (χ1v) is 7.23. The lowest BCUT2D eigenvalue weighted by atomic mass is 10.1. The van der Waals surface area contributed by atoms with Crippen LogP contribution < -0.4 is 0 Å². The molecule has 0 amide bonds. The molecule has 0 spiro atoms. The van der Waals surface area contributed by atoms with E-state index in [-0.39, 0.29) is 0 Å². The van der Waals surface area contributed by atoms with Crippen LogP contribution in [0.15, 0.2) is 35.7 Å². The van der Waals surface area contributed by atoms with Crippen LogP contribution in [0.3, 0.4) is 0 Å². The van der Waals surface area contributed by atoms with Gasteiger partial charge >= 0.3 is 0 Å². The van der Waals surface area contributed by atoms with Gasteiger partial charge in [-0.3, -0.25) is 4.90 Å². The highest BCUT2D eigenvalue weighted by Gasteiger charge is 2.16. The summed E-state index contributed by atoms with van der Waals surface area (Å²) in [5.74, 6) is 0. The van der Waals surface area contributed by atoms with Crippen LogP contribution in [0.4, 0.5) is 0 Å². The molecule has 0 unspecified atom stereocenters. The largest absolute Gasteiger partial charge is 0.389 e. The Morgan fingerprint density at radius 3 is 2.58 bits per heavy atom. The maximum Gasteiger partial charge on any atom is 0.107 e. The molecule has 0 radical (unpaired) electrons. The summed E-state index contributed by atoms with van der Waals surface area (Å²) in [6.07, 6.45) is 0. The monoisotopic (exact) mass is 276 g/mol. The second-order valence-corrected chi connectivity index (χ2v) is 6.42. The second kappa shape index (κ2) is 5.82. The summed E-state index contributed by atoms with van der Waals surface area (Å²) in [6, 6.07) is 10.2. The number of thiazole rings is 1. The lowest BCUT2D eigenvalue weighted by Gasteiger charge is -2.24. The lowest BCUT2D eigenvalue weighted by Crippen LogP contribution is -2.35. The predicted molar refractivity (Wildman–Crippen MR) is 80.2 cm³/mol. The Kier molecular flexibility index (Phi) is 4.34. The highest BCUT2D eigenvalue weighted by molar-refractivity contribution is 7.09. The highest BCUT2D eigenvalue weighted by Crippen LogP contribution is 2.22. The first kappa shape index (κ1) is 14.2. The molecule has 19 heavy (non-hydrogen) atoms. The Morgan fingerprint density at radius 2 is 1.95 bits per heavy atom. The van der Waals surface area contributed by atoms with Crippen molar-refractivity contribution < 1.29 is 5.11 Å². The van der Waals surface area contributed by atoms with Crippen LogP contribution in [0.2, 0.25) is 0 Å². The van der Waals surface area contributed by atoms with Gasteiger partial charge in [-0.05, 0) is 20.9 Å². The van der Waals surface area contributed by atoms with E-state index in [2.05, 4.69) is 27.4 Å². The average molecular weight is 276 g/mol. The summed E-state index contributed by atoms with van der Waals surface area (Å²) in [6.45, 7) is 5.04. The molecule has 2 aromatic rings. The molecule has 0 saturated heterocycles. The molecule has 0 aliphatic rings. The molecule has 2 rings (SSSR count). The smallest absolute Gasteiger partial charge is 0.107 e. The van der Waals surface area contributed by atoms with Crippen molar-refractivity contribution >= 4 is 11.3 Å². The van der Waals surface area contributed by atoms with Gasteiger partial charge in [0, 0.05) is 17.5 Å². The van der Waals surface area contributed by atoms with Crippen molar-refractivity contribution in [3.05, 3.63) is 40.7 Å². The van der Waals surface area contributed by atoms with Gasteiger partial charge < -0.3 is 5.11 Å². The van der Waals surface area contributed by atoms with Gasteiger partial charge in [-0.25, -0.2) is 4.98 Å². The average Bonchev–Trinajstić information content (AvgIpc) is 2.76. The predicted octanol–water partition coefficient (Wildman–Crippen LogP) is 3.01. The minimum absolute atomic E-state index is 0.632. The SMILES string of the molecule is CN(Cc1nc(-c2ccccc2)cs1)CC(C)(C)O.